The lowest BCUT2D eigenvalue weighted by molar-refractivity contribution is -0.142. The number of nitrogens with one attached hydrogen (secondary N) is 2. The van der Waals surface area contributed by atoms with E-state index in [9.17, 15) is 29.1 Å². The van der Waals surface area contributed by atoms with Crippen LogP contribution in [0, 0.1) is 0 Å². The van der Waals surface area contributed by atoms with Gasteiger partial charge in [0.1, 0.15) is 11.8 Å². The molecule has 1 aromatic carbocycles. The van der Waals surface area contributed by atoms with Gasteiger partial charge in [0.25, 0.3) is 0 Å². The molecule has 11 nitrogen and oxygen atoms in total. The molecule has 0 aliphatic heterocycles. The Morgan fingerprint density at radius 1 is 0.897 bits per heavy atom. The van der Waals surface area contributed by atoms with Crippen molar-refractivity contribution in [3.63, 3.8) is 0 Å². The van der Waals surface area contributed by atoms with Crippen molar-refractivity contribution in [2.24, 2.45) is 5.73 Å². The molecule has 3 atom stereocenters. The minimum absolute atomic E-state index is 0.0269. The van der Waals surface area contributed by atoms with Crippen molar-refractivity contribution in [1.29, 1.82) is 0 Å². The van der Waals surface area contributed by atoms with Gasteiger partial charge in [-0.25, -0.2) is 0 Å². The molecule has 0 bridgehead atoms. The van der Waals surface area contributed by atoms with E-state index in [0.29, 0.717) is 5.56 Å². The van der Waals surface area contributed by atoms with Crippen molar-refractivity contribution in [3.8, 4) is 5.75 Å². The summed E-state index contributed by atoms with van der Waals surface area (Å²) in [5.41, 5.74) is 6.04. The number of ketones is 1. The number of carbonyl (C=O) groups is 5. The molecular weight excluding hydrogens is 386 g/mol. The second-order valence-corrected chi connectivity index (χ2v) is 6.41. The van der Waals surface area contributed by atoms with Gasteiger partial charge in [-0.3, -0.25) is 24.0 Å². The van der Waals surface area contributed by atoms with E-state index >= 15 is 0 Å². The molecule has 0 unspecified atom stereocenters. The zero-order chi connectivity index (χ0) is 22.1. The van der Waals surface area contributed by atoms with Gasteiger partial charge < -0.3 is 31.7 Å². The van der Waals surface area contributed by atoms with Crippen molar-refractivity contribution in [2.75, 3.05) is 0 Å². The lowest BCUT2D eigenvalue weighted by Gasteiger charge is -2.22. The van der Waals surface area contributed by atoms with E-state index in [1.54, 1.807) is 12.1 Å². The lowest BCUT2D eigenvalue weighted by atomic mass is 10.0. The Morgan fingerprint density at radius 3 is 1.90 bits per heavy atom. The van der Waals surface area contributed by atoms with E-state index in [1.165, 1.54) is 19.1 Å². The Bertz CT molecular complexity index is 778. The van der Waals surface area contributed by atoms with Crippen LogP contribution in [0.15, 0.2) is 24.3 Å². The van der Waals surface area contributed by atoms with Gasteiger partial charge in [-0.05, 0) is 31.0 Å². The van der Waals surface area contributed by atoms with Gasteiger partial charge in [0.2, 0.25) is 11.8 Å². The van der Waals surface area contributed by atoms with E-state index in [1.807, 2.05) is 0 Å². The Kier molecular flexibility index (Phi) is 8.74. The summed E-state index contributed by atoms with van der Waals surface area (Å²) in [4.78, 5) is 58.0. The van der Waals surface area contributed by atoms with Gasteiger partial charge in [-0.15, -0.1) is 0 Å². The number of aliphatic carboxylic acids is 2. The number of hydrogen-bond acceptors (Lipinski definition) is 7. The first-order valence-electron chi connectivity index (χ1n) is 8.57. The number of amides is 2. The van der Waals surface area contributed by atoms with E-state index in [4.69, 9.17) is 15.9 Å². The minimum Gasteiger partial charge on any atom is -0.508 e. The zero-order valence-corrected chi connectivity index (χ0v) is 15.6. The summed E-state index contributed by atoms with van der Waals surface area (Å²) in [6, 6.07) is 1.89. The number of Topliss-reactive ketones (excluding diaryl/α,β-unsaturated/α-hetero) is 1. The molecule has 0 fully saturated rings. The lowest BCUT2D eigenvalue weighted by Crippen LogP contribution is -2.55. The third-order valence-electron chi connectivity index (χ3n) is 3.93. The molecule has 2 amide bonds. The molecule has 158 valence electrons. The summed E-state index contributed by atoms with van der Waals surface area (Å²) in [6.07, 6.45) is -1.42. The van der Waals surface area contributed by atoms with Crippen LogP contribution in [-0.2, 0) is 30.4 Å². The fourth-order valence-electron chi connectivity index (χ4n) is 2.38. The quantitative estimate of drug-likeness (QED) is 0.259. The van der Waals surface area contributed by atoms with Crippen LogP contribution < -0.4 is 16.4 Å². The minimum atomic E-state index is -1.55. The standard InChI is InChI=1S/C18H23N3O8/c1-9(22)13(6-10-2-4-11(23)5-3-10)20-18(29)14(8-16(26)27)21-17(28)12(19)7-15(24)25/h2-5,12-14,23H,6-8,19H2,1H3,(H,20,29)(H,21,28)(H,24,25)(H,26,27)/t12-,13-,14-/m1/s1. The molecule has 11 heteroatoms. The van der Waals surface area contributed by atoms with E-state index in [-0.39, 0.29) is 12.2 Å². The average molecular weight is 409 g/mol. The van der Waals surface area contributed by atoms with Crippen molar-refractivity contribution in [2.45, 2.75) is 44.3 Å². The molecule has 0 aliphatic rings. The average Bonchev–Trinajstić information content (AvgIpc) is 2.61. The van der Waals surface area contributed by atoms with Crippen LogP contribution in [0.3, 0.4) is 0 Å². The van der Waals surface area contributed by atoms with Gasteiger partial charge in [0.15, 0.2) is 5.78 Å². The number of carbonyl (C=O) groups excluding carboxylic acids is 3. The highest BCUT2D eigenvalue weighted by atomic mass is 16.4. The number of phenols is 1. The number of rotatable bonds is 11. The first-order chi connectivity index (χ1) is 13.5. The summed E-state index contributed by atoms with van der Waals surface area (Å²) in [5.74, 6) is -5.05. The number of aromatic hydroxyl groups is 1. The van der Waals surface area contributed by atoms with Crippen molar-refractivity contribution in [1.82, 2.24) is 10.6 Å². The molecule has 1 rings (SSSR count). The van der Waals surface area contributed by atoms with Crippen LogP contribution >= 0.6 is 0 Å². The highest BCUT2D eigenvalue weighted by molar-refractivity contribution is 5.95. The molecule has 0 saturated carbocycles. The highest BCUT2D eigenvalue weighted by Crippen LogP contribution is 2.12. The van der Waals surface area contributed by atoms with E-state index < -0.39 is 60.5 Å². The maximum absolute atomic E-state index is 12.5. The Balaban J connectivity index is 2.88. The summed E-state index contributed by atoms with van der Waals surface area (Å²) in [5, 5.41) is 31.5. The zero-order valence-electron chi connectivity index (χ0n) is 15.6. The van der Waals surface area contributed by atoms with Crippen LogP contribution in [0.4, 0.5) is 0 Å². The predicted molar refractivity (Wildman–Crippen MR) is 98.8 cm³/mol. The monoisotopic (exact) mass is 409 g/mol. The maximum atomic E-state index is 12.5. The fourth-order valence-corrected chi connectivity index (χ4v) is 2.38. The molecule has 0 aromatic heterocycles. The largest absolute Gasteiger partial charge is 0.508 e. The van der Waals surface area contributed by atoms with Gasteiger partial charge in [-0.2, -0.15) is 0 Å². The predicted octanol–water partition coefficient (Wildman–Crippen LogP) is -1.23. The van der Waals surface area contributed by atoms with Crippen LogP contribution in [0.25, 0.3) is 0 Å². The van der Waals surface area contributed by atoms with Crippen LogP contribution in [-0.4, -0.2) is 63.0 Å². The molecule has 7 N–H and O–H groups in total. The normalized spacial score (nSPS) is 13.6. The Morgan fingerprint density at radius 2 is 1.41 bits per heavy atom. The summed E-state index contributed by atoms with van der Waals surface area (Å²) < 4.78 is 0. The summed E-state index contributed by atoms with van der Waals surface area (Å²) in [7, 11) is 0. The number of nitrogens with two attached hydrogens (primary N) is 1. The molecular formula is C18H23N3O8. The number of carboxylic acids is 2. The molecule has 0 saturated heterocycles. The van der Waals surface area contributed by atoms with Crippen molar-refractivity contribution < 1.29 is 39.3 Å². The second kappa shape index (κ2) is 10.8. The topological polar surface area (TPSA) is 196 Å². The number of carboxylic acid groups (broad SMARTS) is 2. The first kappa shape index (κ1) is 23.6. The van der Waals surface area contributed by atoms with Gasteiger partial charge in [0, 0.05) is 0 Å². The third-order valence-corrected chi connectivity index (χ3v) is 3.93. The van der Waals surface area contributed by atoms with Crippen LogP contribution in [0.2, 0.25) is 0 Å². The third kappa shape index (κ3) is 8.39. The maximum Gasteiger partial charge on any atom is 0.305 e. The highest BCUT2D eigenvalue weighted by Gasteiger charge is 2.29. The molecule has 1 aromatic rings. The number of hydrogen-bond donors (Lipinski definition) is 6. The van der Waals surface area contributed by atoms with Crippen molar-refractivity contribution >= 4 is 29.5 Å². The fraction of sp³-hybridized carbons (Fsp3) is 0.389. The SMILES string of the molecule is CC(=O)[C@@H](Cc1ccc(O)cc1)NC(=O)[C@@H](CC(=O)O)NC(=O)[C@H](N)CC(=O)O. The van der Waals surface area contributed by atoms with Crippen LogP contribution in [0.1, 0.15) is 25.3 Å². The Hall–Kier alpha value is -3.47. The molecule has 29 heavy (non-hydrogen) atoms. The van der Waals surface area contributed by atoms with Gasteiger partial charge in [-0.1, -0.05) is 12.1 Å². The van der Waals surface area contributed by atoms with Crippen LogP contribution in [0.5, 0.6) is 5.75 Å². The van der Waals surface area contributed by atoms with E-state index in [2.05, 4.69) is 10.6 Å². The summed E-state index contributed by atoms with van der Waals surface area (Å²) in [6.45, 7) is 1.24. The summed E-state index contributed by atoms with van der Waals surface area (Å²) >= 11 is 0. The van der Waals surface area contributed by atoms with Crippen molar-refractivity contribution in [3.05, 3.63) is 29.8 Å². The number of benzene rings is 1. The first-order valence-corrected chi connectivity index (χ1v) is 8.57. The second-order valence-electron chi connectivity index (χ2n) is 6.41. The Labute approximate surface area is 165 Å². The molecule has 0 heterocycles. The van der Waals surface area contributed by atoms with Gasteiger partial charge in [0.05, 0.1) is 24.9 Å². The molecule has 0 spiro atoms. The smallest absolute Gasteiger partial charge is 0.305 e. The molecule has 0 aliphatic carbocycles. The molecule has 0 radical (unpaired) electrons. The van der Waals surface area contributed by atoms with E-state index in [0.717, 1.165) is 0 Å². The number of phenolic OH excluding ortho intramolecular Hbond substituents is 1. The van der Waals surface area contributed by atoms with Gasteiger partial charge >= 0.3 is 11.9 Å².